The van der Waals surface area contributed by atoms with Crippen molar-refractivity contribution in [1.82, 2.24) is 28.7 Å². The fourth-order valence-electron chi connectivity index (χ4n) is 3.48. The van der Waals surface area contributed by atoms with Gasteiger partial charge in [0.25, 0.3) is 0 Å². The predicted molar refractivity (Wildman–Crippen MR) is 102 cm³/mol. The number of unbranched alkanes of at least 4 members (excludes halogenated alkanes) is 1. The zero-order valence-electron chi connectivity index (χ0n) is 15.7. The van der Waals surface area contributed by atoms with E-state index in [1.165, 1.54) is 10.8 Å². The third kappa shape index (κ3) is 3.63. The third-order valence-electron chi connectivity index (χ3n) is 4.72. The molecule has 0 aliphatic carbocycles. The lowest BCUT2D eigenvalue weighted by atomic mass is 10.3. The van der Waals surface area contributed by atoms with E-state index in [1.807, 2.05) is 28.8 Å². The van der Waals surface area contributed by atoms with E-state index in [1.54, 1.807) is 0 Å². The van der Waals surface area contributed by atoms with Crippen molar-refractivity contribution in [3.05, 3.63) is 53.1 Å². The molecule has 8 nitrogen and oxygen atoms in total. The summed E-state index contributed by atoms with van der Waals surface area (Å²) in [7, 11) is 0. The van der Waals surface area contributed by atoms with Crippen LogP contribution in [0.4, 0.5) is 13.2 Å². The van der Waals surface area contributed by atoms with Gasteiger partial charge >= 0.3 is 11.9 Å². The van der Waals surface area contributed by atoms with Gasteiger partial charge in [-0.05, 0) is 18.6 Å². The van der Waals surface area contributed by atoms with Crippen LogP contribution in [0.1, 0.15) is 18.7 Å². The smallest absolute Gasteiger partial charge is 0.326 e. The molecule has 4 aromatic rings. The summed E-state index contributed by atoms with van der Waals surface area (Å²) in [5.74, 6) is 0.506. The molecule has 1 aromatic carbocycles. The first kappa shape index (κ1) is 19.6. The fraction of sp³-hybridized carbons (Fsp3) is 0.316. The maximum absolute atomic E-state index is 13.0. The van der Waals surface area contributed by atoms with Crippen LogP contribution >= 0.6 is 0 Å². The minimum absolute atomic E-state index is 0.0468. The maximum Gasteiger partial charge on any atom is 0.406 e. The van der Waals surface area contributed by atoms with Gasteiger partial charge in [0.1, 0.15) is 24.2 Å². The number of nitrogens with zero attached hydrogens (tertiary/aromatic N) is 7. The molecule has 0 aliphatic rings. The highest BCUT2D eigenvalue weighted by Gasteiger charge is 2.31. The van der Waals surface area contributed by atoms with Crippen molar-refractivity contribution in [3.63, 3.8) is 0 Å². The molecule has 154 valence electrons. The standard InChI is InChI=1S/C19H16F3N7O/c20-19(21,22)11-29-17-15(9-24-12-25-17)28(18(29)30)10-16-26-13-5-1-2-6-14(13)27(16)8-4-3-7-23/h1-2,5-6,9,12H,3-4,8,10-11H2. The van der Waals surface area contributed by atoms with Crippen LogP contribution in [0.15, 0.2) is 41.6 Å². The Labute approximate surface area is 167 Å². The molecule has 0 saturated carbocycles. The lowest BCUT2D eigenvalue weighted by molar-refractivity contribution is -0.140. The number of fused-ring (bicyclic) bond motifs is 2. The van der Waals surface area contributed by atoms with Crippen LogP contribution in [0.2, 0.25) is 0 Å². The van der Waals surface area contributed by atoms with E-state index in [2.05, 4.69) is 21.0 Å². The second-order valence-electron chi connectivity index (χ2n) is 6.73. The number of hydrogen-bond donors (Lipinski definition) is 0. The Hall–Kier alpha value is -3.68. The zero-order valence-corrected chi connectivity index (χ0v) is 15.7. The Morgan fingerprint density at radius 1 is 1.10 bits per heavy atom. The summed E-state index contributed by atoms with van der Waals surface area (Å²) in [6.07, 6.45) is -1.21. The topological polar surface area (TPSA) is 94.3 Å². The fourth-order valence-corrected chi connectivity index (χ4v) is 3.48. The van der Waals surface area contributed by atoms with E-state index in [-0.39, 0.29) is 17.7 Å². The molecule has 0 radical (unpaired) electrons. The van der Waals surface area contributed by atoms with Crippen LogP contribution in [-0.2, 0) is 19.6 Å². The average Bonchev–Trinajstić information content (AvgIpc) is 3.18. The van der Waals surface area contributed by atoms with Crippen LogP contribution < -0.4 is 5.69 Å². The van der Waals surface area contributed by atoms with Gasteiger partial charge in [0.2, 0.25) is 0 Å². The van der Waals surface area contributed by atoms with E-state index in [0.717, 1.165) is 11.8 Å². The van der Waals surface area contributed by atoms with Crippen LogP contribution in [0, 0.1) is 11.3 Å². The van der Waals surface area contributed by atoms with Crippen molar-refractivity contribution in [3.8, 4) is 6.07 Å². The minimum atomic E-state index is -4.57. The van der Waals surface area contributed by atoms with Crippen LogP contribution in [0.5, 0.6) is 0 Å². The van der Waals surface area contributed by atoms with Gasteiger partial charge in [-0.2, -0.15) is 18.4 Å². The highest BCUT2D eigenvalue weighted by molar-refractivity contribution is 5.76. The first-order chi connectivity index (χ1) is 14.4. The minimum Gasteiger partial charge on any atom is -0.326 e. The Balaban J connectivity index is 1.83. The van der Waals surface area contributed by atoms with E-state index < -0.39 is 18.4 Å². The lowest BCUT2D eigenvalue weighted by Crippen LogP contribution is -2.30. The number of nitriles is 1. The van der Waals surface area contributed by atoms with Gasteiger partial charge in [-0.25, -0.2) is 19.7 Å². The van der Waals surface area contributed by atoms with E-state index in [0.29, 0.717) is 35.3 Å². The molecular weight excluding hydrogens is 399 g/mol. The molecule has 4 rings (SSSR count). The normalized spacial score (nSPS) is 11.9. The van der Waals surface area contributed by atoms with Crippen molar-refractivity contribution >= 4 is 22.2 Å². The number of aromatic nitrogens is 6. The SMILES string of the molecule is N#CCCCn1c(Cn2c(=O)n(CC(F)(F)F)c3ncncc32)nc2ccccc21. The molecule has 0 aliphatic heterocycles. The van der Waals surface area contributed by atoms with Crippen LogP contribution in [0.3, 0.4) is 0 Å². The number of hydrogen-bond acceptors (Lipinski definition) is 5. The highest BCUT2D eigenvalue weighted by Crippen LogP contribution is 2.21. The highest BCUT2D eigenvalue weighted by atomic mass is 19.4. The summed E-state index contributed by atoms with van der Waals surface area (Å²) in [5.41, 5.74) is 0.807. The van der Waals surface area contributed by atoms with Gasteiger partial charge in [0.15, 0.2) is 5.65 Å². The molecule has 0 unspecified atom stereocenters. The summed E-state index contributed by atoms with van der Waals surface area (Å²) < 4.78 is 42.7. The first-order valence-electron chi connectivity index (χ1n) is 9.16. The molecule has 11 heteroatoms. The number of imidazole rings is 2. The van der Waals surface area contributed by atoms with Crippen molar-refractivity contribution in [2.45, 2.75) is 38.7 Å². The summed E-state index contributed by atoms with van der Waals surface area (Å²) in [4.78, 5) is 25.1. The number of alkyl halides is 3. The molecule has 30 heavy (non-hydrogen) atoms. The maximum atomic E-state index is 13.0. The molecule has 0 bridgehead atoms. The number of rotatable bonds is 6. The third-order valence-corrected chi connectivity index (χ3v) is 4.72. The lowest BCUT2D eigenvalue weighted by Gasteiger charge is -2.09. The first-order valence-corrected chi connectivity index (χ1v) is 9.16. The molecule has 0 spiro atoms. The molecule has 3 heterocycles. The van der Waals surface area contributed by atoms with Crippen LogP contribution in [-0.4, -0.2) is 34.8 Å². The number of halogens is 3. The Morgan fingerprint density at radius 2 is 1.90 bits per heavy atom. The van der Waals surface area contributed by atoms with Gasteiger partial charge in [-0.1, -0.05) is 12.1 Å². The molecule has 0 saturated heterocycles. The van der Waals surface area contributed by atoms with Crippen LogP contribution in [0.25, 0.3) is 22.2 Å². The summed E-state index contributed by atoms with van der Waals surface area (Å²) in [6, 6.07) is 9.46. The number of benzene rings is 1. The molecule has 0 amide bonds. The largest absolute Gasteiger partial charge is 0.406 e. The summed E-state index contributed by atoms with van der Waals surface area (Å²) in [6.45, 7) is -0.990. The molecule has 0 atom stereocenters. The van der Waals surface area contributed by atoms with E-state index in [4.69, 9.17) is 5.26 Å². The van der Waals surface area contributed by atoms with Gasteiger partial charge in [-0.3, -0.25) is 9.13 Å². The van der Waals surface area contributed by atoms with Crippen molar-refractivity contribution < 1.29 is 13.2 Å². The van der Waals surface area contributed by atoms with Crippen molar-refractivity contribution in [1.29, 1.82) is 5.26 Å². The Morgan fingerprint density at radius 3 is 2.67 bits per heavy atom. The molecule has 3 aromatic heterocycles. The number of para-hydroxylation sites is 2. The average molecular weight is 415 g/mol. The second-order valence-corrected chi connectivity index (χ2v) is 6.73. The van der Waals surface area contributed by atoms with E-state index >= 15 is 0 Å². The molecule has 0 fully saturated rings. The molecular formula is C19H16F3N7O. The summed E-state index contributed by atoms with van der Waals surface area (Å²) in [5, 5.41) is 8.83. The van der Waals surface area contributed by atoms with Gasteiger partial charge in [-0.15, -0.1) is 0 Å². The monoisotopic (exact) mass is 415 g/mol. The zero-order chi connectivity index (χ0) is 21.3. The Kier molecular flexibility index (Phi) is 4.99. The quantitative estimate of drug-likeness (QED) is 0.452. The van der Waals surface area contributed by atoms with Gasteiger partial charge in [0, 0.05) is 13.0 Å². The van der Waals surface area contributed by atoms with Gasteiger partial charge in [0.05, 0.1) is 29.8 Å². The van der Waals surface area contributed by atoms with E-state index in [9.17, 15) is 18.0 Å². The predicted octanol–water partition coefficient (Wildman–Crippen LogP) is 2.86. The second kappa shape index (κ2) is 7.62. The Bertz CT molecular complexity index is 1310. The summed E-state index contributed by atoms with van der Waals surface area (Å²) >= 11 is 0. The van der Waals surface area contributed by atoms with Gasteiger partial charge < -0.3 is 4.57 Å². The van der Waals surface area contributed by atoms with Crippen molar-refractivity contribution in [2.75, 3.05) is 0 Å². The number of aryl methyl sites for hydroxylation is 1. The molecule has 0 N–H and O–H groups in total. The van der Waals surface area contributed by atoms with Crippen molar-refractivity contribution in [2.24, 2.45) is 0 Å².